The Morgan fingerprint density at radius 3 is 2.76 bits per heavy atom. The highest BCUT2D eigenvalue weighted by atomic mass is 35.5. The third kappa shape index (κ3) is 4.99. The van der Waals surface area contributed by atoms with Crippen LogP contribution in [0.1, 0.15) is 43.9 Å². The lowest BCUT2D eigenvalue weighted by atomic mass is 9.94. The van der Waals surface area contributed by atoms with Crippen LogP contribution in [0.2, 0.25) is 10.0 Å². The van der Waals surface area contributed by atoms with Crippen LogP contribution in [0, 0.1) is 0 Å². The minimum absolute atomic E-state index is 0.283. The molecule has 7 nitrogen and oxygen atoms in total. The van der Waals surface area contributed by atoms with E-state index < -0.39 is 6.04 Å². The van der Waals surface area contributed by atoms with Crippen LogP contribution in [0.3, 0.4) is 0 Å². The Kier molecular flexibility index (Phi) is 7.20. The quantitative estimate of drug-likeness (QED) is 0.405. The van der Waals surface area contributed by atoms with E-state index in [1.54, 1.807) is 23.7 Å². The first kappa shape index (κ1) is 23.1. The van der Waals surface area contributed by atoms with Crippen molar-refractivity contribution >= 4 is 35.1 Å². The molecule has 1 atom stereocenters. The van der Waals surface area contributed by atoms with Crippen molar-refractivity contribution in [1.29, 1.82) is 0 Å². The lowest BCUT2D eigenvalue weighted by Gasteiger charge is -2.29. The van der Waals surface area contributed by atoms with Gasteiger partial charge >= 0.3 is 5.97 Å². The highest BCUT2D eigenvalue weighted by molar-refractivity contribution is 6.42. The molecular formula is C24H24Cl2N4O3. The minimum atomic E-state index is -0.488. The maximum Gasteiger partial charge on any atom is 0.338 e. The van der Waals surface area contributed by atoms with Crippen LogP contribution >= 0.6 is 23.2 Å². The first-order chi connectivity index (χ1) is 16.0. The summed E-state index contributed by atoms with van der Waals surface area (Å²) in [6, 6.07) is 12.5. The third-order valence-electron chi connectivity index (χ3n) is 5.24. The van der Waals surface area contributed by atoms with Gasteiger partial charge in [-0.05, 0) is 48.7 Å². The molecule has 2 heterocycles. The van der Waals surface area contributed by atoms with Crippen molar-refractivity contribution in [2.24, 2.45) is 0 Å². The largest absolute Gasteiger partial charge is 0.489 e. The molecule has 0 bridgehead atoms. The van der Waals surface area contributed by atoms with E-state index in [9.17, 15) is 4.79 Å². The fourth-order valence-electron chi connectivity index (χ4n) is 3.79. The molecule has 0 radical (unpaired) electrons. The fourth-order valence-corrected chi connectivity index (χ4v) is 4.11. The molecule has 1 aliphatic heterocycles. The number of carbonyl (C=O) groups is 1. The molecule has 4 rings (SSSR count). The molecule has 0 saturated carbocycles. The Bertz CT molecular complexity index is 1190. The summed E-state index contributed by atoms with van der Waals surface area (Å²) in [5, 5.41) is 8.61. The Balaban J connectivity index is 1.68. The number of aromatic nitrogens is 3. The van der Waals surface area contributed by atoms with Gasteiger partial charge in [0.1, 0.15) is 24.7 Å². The van der Waals surface area contributed by atoms with E-state index in [0.29, 0.717) is 40.3 Å². The number of ether oxygens (including phenoxy) is 2. The van der Waals surface area contributed by atoms with Gasteiger partial charge in [-0.2, -0.15) is 10.1 Å². The molecule has 3 aromatic rings. The molecule has 1 N–H and O–H groups in total. The highest BCUT2D eigenvalue weighted by Gasteiger charge is 2.35. The summed E-state index contributed by atoms with van der Waals surface area (Å²) < 4.78 is 13.1. The minimum Gasteiger partial charge on any atom is -0.489 e. The Hall–Kier alpha value is -3.03. The van der Waals surface area contributed by atoms with Crippen molar-refractivity contribution in [2.75, 3.05) is 11.9 Å². The smallest absolute Gasteiger partial charge is 0.338 e. The number of allylic oxidation sites excluding steroid dienone is 1. The Labute approximate surface area is 202 Å². The summed E-state index contributed by atoms with van der Waals surface area (Å²) in [6.07, 6.45) is 3.02. The molecule has 0 unspecified atom stereocenters. The molecule has 33 heavy (non-hydrogen) atoms. The number of esters is 1. The number of anilines is 1. The predicted molar refractivity (Wildman–Crippen MR) is 128 cm³/mol. The molecular weight excluding hydrogens is 463 g/mol. The van der Waals surface area contributed by atoms with E-state index in [1.807, 2.05) is 30.3 Å². The van der Waals surface area contributed by atoms with Gasteiger partial charge in [-0.3, -0.25) is 0 Å². The molecule has 0 saturated heterocycles. The summed E-state index contributed by atoms with van der Waals surface area (Å²) in [4.78, 5) is 17.3. The van der Waals surface area contributed by atoms with Crippen LogP contribution in [0.25, 0.3) is 0 Å². The lowest BCUT2D eigenvalue weighted by molar-refractivity contribution is -0.139. The molecule has 0 amide bonds. The lowest BCUT2D eigenvalue weighted by Crippen LogP contribution is -2.30. The summed E-state index contributed by atoms with van der Waals surface area (Å²) in [6.45, 7) is 4.46. The number of hydrogen-bond donors (Lipinski definition) is 1. The van der Waals surface area contributed by atoms with Gasteiger partial charge in [0.05, 0.1) is 22.2 Å². The number of benzene rings is 2. The van der Waals surface area contributed by atoms with Crippen molar-refractivity contribution < 1.29 is 14.3 Å². The maximum atomic E-state index is 13.0. The number of carbonyl (C=O) groups excluding carboxylic acids is 1. The number of rotatable bonds is 8. The van der Waals surface area contributed by atoms with E-state index in [1.165, 1.54) is 6.33 Å². The molecule has 0 fully saturated rings. The second-order valence-corrected chi connectivity index (χ2v) is 8.34. The van der Waals surface area contributed by atoms with Gasteiger partial charge in [-0.15, -0.1) is 0 Å². The summed E-state index contributed by atoms with van der Waals surface area (Å²) in [7, 11) is 0. The fraction of sp³-hybridized carbons (Fsp3) is 0.292. The van der Waals surface area contributed by atoms with Crippen LogP contribution < -0.4 is 10.1 Å². The SMILES string of the molecule is CCCC1=C(C(=O)OCC)[C@H](c2cccc(OCc3ccc(Cl)c(Cl)c3)c2)n2ncnc2N1. The van der Waals surface area contributed by atoms with Crippen LogP contribution in [0.5, 0.6) is 5.75 Å². The number of hydrogen-bond acceptors (Lipinski definition) is 6. The van der Waals surface area contributed by atoms with Crippen molar-refractivity contribution in [2.45, 2.75) is 39.3 Å². The zero-order chi connectivity index (χ0) is 23.4. The second-order valence-electron chi connectivity index (χ2n) is 7.53. The summed E-state index contributed by atoms with van der Waals surface area (Å²) in [5.41, 5.74) is 3.06. The van der Waals surface area contributed by atoms with Gasteiger partial charge in [0.2, 0.25) is 5.95 Å². The van der Waals surface area contributed by atoms with Crippen LogP contribution in [-0.2, 0) is 16.1 Å². The molecule has 0 aliphatic carbocycles. The topological polar surface area (TPSA) is 78.3 Å². The van der Waals surface area contributed by atoms with E-state index >= 15 is 0 Å². The molecule has 0 spiro atoms. The normalized spacial score (nSPS) is 15.1. The van der Waals surface area contributed by atoms with Crippen LogP contribution in [0.4, 0.5) is 5.95 Å². The average molecular weight is 487 g/mol. The molecule has 9 heteroatoms. The van der Waals surface area contributed by atoms with Gasteiger partial charge in [-0.1, -0.05) is 54.7 Å². The third-order valence-corrected chi connectivity index (χ3v) is 5.98. The number of fused-ring (bicyclic) bond motifs is 1. The molecule has 2 aromatic carbocycles. The second kappa shape index (κ2) is 10.3. The number of nitrogens with zero attached hydrogens (tertiary/aromatic N) is 3. The number of nitrogens with one attached hydrogen (secondary N) is 1. The monoisotopic (exact) mass is 486 g/mol. The van der Waals surface area contributed by atoms with Gasteiger partial charge in [-0.25, -0.2) is 9.48 Å². The standard InChI is InChI=1S/C24H24Cl2N4O3/c1-3-6-20-21(23(31)32-4-2)22(30-24(29-20)27-14-28-30)16-7-5-8-17(12-16)33-13-15-9-10-18(25)19(26)11-15/h5,7-12,14,22H,3-4,6,13H2,1-2H3,(H,27,28,29)/t22-/m0/s1. The van der Waals surface area contributed by atoms with Crippen molar-refractivity contribution in [3.63, 3.8) is 0 Å². The van der Waals surface area contributed by atoms with Gasteiger partial charge in [0, 0.05) is 5.70 Å². The first-order valence-corrected chi connectivity index (χ1v) is 11.5. The molecule has 1 aromatic heterocycles. The zero-order valence-electron chi connectivity index (χ0n) is 18.3. The van der Waals surface area contributed by atoms with Gasteiger partial charge < -0.3 is 14.8 Å². The average Bonchev–Trinajstić information content (AvgIpc) is 3.28. The van der Waals surface area contributed by atoms with Gasteiger partial charge in [0.15, 0.2) is 0 Å². The summed E-state index contributed by atoms with van der Waals surface area (Å²) >= 11 is 12.1. The van der Waals surface area contributed by atoms with E-state index in [2.05, 4.69) is 22.3 Å². The van der Waals surface area contributed by atoms with Crippen LogP contribution in [-0.4, -0.2) is 27.3 Å². The van der Waals surface area contributed by atoms with E-state index in [0.717, 1.165) is 23.2 Å². The Morgan fingerprint density at radius 2 is 2.00 bits per heavy atom. The predicted octanol–water partition coefficient (Wildman–Crippen LogP) is 5.80. The van der Waals surface area contributed by atoms with Crippen molar-refractivity contribution in [1.82, 2.24) is 14.8 Å². The van der Waals surface area contributed by atoms with E-state index in [-0.39, 0.29) is 12.6 Å². The van der Waals surface area contributed by atoms with Gasteiger partial charge in [0.25, 0.3) is 0 Å². The maximum absolute atomic E-state index is 13.0. The van der Waals surface area contributed by atoms with E-state index in [4.69, 9.17) is 32.7 Å². The highest BCUT2D eigenvalue weighted by Crippen LogP contribution is 2.37. The Morgan fingerprint density at radius 1 is 1.15 bits per heavy atom. The van der Waals surface area contributed by atoms with Crippen molar-refractivity contribution in [3.8, 4) is 5.75 Å². The van der Waals surface area contributed by atoms with Crippen molar-refractivity contribution in [3.05, 3.63) is 81.2 Å². The zero-order valence-corrected chi connectivity index (χ0v) is 19.9. The number of halogens is 2. The summed E-state index contributed by atoms with van der Waals surface area (Å²) in [5.74, 6) is 0.861. The molecule has 172 valence electrons. The molecule has 1 aliphatic rings. The van der Waals surface area contributed by atoms with Crippen LogP contribution in [0.15, 0.2) is 60.1 Å². The first-order valence-electron chi connectivity index (χ1n) is 10.7.